The lowest BCUT2D eigenvalue weighted by molar-refractivity contribution is 0.0941. The zero-order valence-electron chi connectivity index (χ0n) is 12.4. The minimum absolute atomic E-state index is 0.00413. The van der Waals surface area contributed by atoms with Crippen LogP contribution in [-0.2, 0) is 6.54 Å². The van der Waals surface area contributed by atoms with Gasteiger partial charge in [-0.05, 0) is 17.7 Å². The highest BCUT2D eigenvalue weighted by Crippen LogP contribution is 2.16. The number of halogens is 3. The first-order valence-corrected chi connectivity index (χ1v) is 7.03. The second kappa shape index (κ2) is 8.76. The molecule has 1 amide bonds. The van der Waals surface area contributed by atoms with Crippen LogP contribution in [0.15, 0.2) is 24.5 Å². The summed E-state index contributed by atoms with van der Waals surface area (Å²) < 4.78 is 26.7. The Bertz CT molecular complexity index is 747. The number of rotatable bonds is 3. The molecule has 0 aliphatic rings. The SMILES string of the molecule is CC.N#Cc1ncnc(C(=O)NCc2ccc(F)c(Cl)c2)c1F. The highest BCUT2D eigenvalue weighted by molar-refractivity contribution is 6.30. The third-order valence-corrected chi connectivity index (χ3v) is 2.84. The Hall–Kier alpha value is -2.59. The lowest BCUT2D eigenvalue weighted by Gasteiger charge is -2.06. The van der Waals surface area contributed by atoms with Crippen molar-refractivity contribution in [2.24, 2.45) is 0 Å². The van der Waals surface area contributed by atoms with E-state index >= 15 is 0 Å². The molecular formula is C15H13ClF2N4O. The number of nitriles is 1. The standard InChI is InChI=1S/C13H7ClF2N4O.C2H6/c14-8-3-7(1-2-9(8)15)5-18-13(21)12-11(16)10(4-17)19-6-20-12;1-2/h1-3,6H,5H2,(H,18,21);1-2H3. The predicted octanol–water partition coefficient (Wildman–Crippen LogP) is 3.24. The molecule has 1 heterocycles. The fraction of sp³-hybridized carbons (Fsp3) is 0.200. The van der Waals surface area contributed by atoms with Crippen LogP contribution in [0.1, 0.15) is 35.6 Å². The largest absolute Gasteiger partial charge is 0.347 e. The van der Waals surface area contributed by atoms with Crippen LogP contribution >= 0.6 is 11.6 Å². The van der Waals surface area contributed by atoms with E-state index in [0.717, 1.165) is 12.4 Å². The normalized spacial score (nSPS) is 9.39. The topological polar surface area (TPSA) is 78.7 Å². The second-order valence-electron chi connectivity index (χ2n) is 3.93. The Kier molecular flexibility index (Phi) is 7.03. The molecule has 0 unspecified atom stereocenters. The number of amides is 1. The van der Waals surface area contributed by atoms with Crippen molar-refractivity contribution in [3.05, 3.63) is 58.1 Å². The summed E-state index contributed by atoms with van der Waals surface area (Å²) in [7, 11) is 0. The minimum Gasteiger partial charge on any atom is -0.347 e. The molecule has 0 aliphatic heterocycles. The molecule has 0 saturated heterocycles. The number of hydrogen-bond donors (Lipinski definition) is 1. The molecule has 0 fully saturated rings. The molecule has 0 spiro atoms. The van der Waals surface area contributed by atoms with Gasteiger partial charge in [0.05, 0.1) is 5.02 Å². The van der Waals surface area contributed by atoms with Gasteiger partial charge in [0, 0.05) is 6.54 Å². The first-order chi connectivity index (χ1) is 11.0. The van der Waals surface area contributed by atoms with Gasteiger partial charge in [-0.2, -0.15) is 5.26 Å². The van der Waals surface area contributed by atoms with Gasteiger partial charge >= 0.3 is 0 Å². The van der Waals surface area contributed by atoms with E-state index in [-0.39, 0.29) is 11.6 Å². The molecule has 0 saturated carbocycles. The number of hydrogen-bond acceptors (Lipinski definition) is 4. The maximum atomic E-state index is 13.7. The van der Waals surface area contributed by atoms with E-state index < -0.39 is 28.9 Å². The van der Waals surface area contributed by atoms with Crippen molar-refractivity contribution in [2.45, 2.75) is 20.4 Å². The van der Waals surface area contributed by atoms with Crippen molar-refractivity contribution in [3.63, 3.8) is 0 Å². The Balaban J connectivity index is 0.00000127. The van der Waals surface area contributed by atoms with Crippen molar-refractivity contribution in [3.8, 4) is 6.07 Å². The number of carbonyl (C=O) groups excluding carboxylic acids is 1. The summed E-state index contributed by atoms with van der Waals surface area (Å²) >= 11 is 5.61. The fourth-order valence-electron chi connectivity index (χ4n) is 1.52. The molecule has 23 heavy (non-hydrogen) atoms. The summed E-state index contributed by atoms with van der Waals surface area (Å²) in [6.07, 6.45) is 0.922. The molecule has 120 valence electrons. The summed E-state index contributed by atoms with van der Waals surface area (Å²) in [6.45, 7) is 4.00. The van der Waals surface area contributed by atoms with Gasteiger partial charge in [-0.25, -0.2) is 18.7 Å². The average molecular weight is 339 g/mol. The zero-order chi connectivity index (χ0) is 17.4. The van der Waals surface area contributed by atoms with Crippen LogP contribution < -0.4 is 5.32 Å². The molecule has 1 aromatic heterocycles. The van der Waals surface area contributed by atoms with Crippen LogP contribution in [-0.4, -0.2) is 15.9 Å². The summed E-state index contributed by atoms with van der Waals surface area (Å²) in [6, 6.07) is 5.44. The van der Waals surface area contributed by atoms with Gasteiger partial charge in [0.1, 0.15) is 18.2 Å². The van der Waals surface area contributed by atoms with Crippen LogP contribution in [0.3, 0.4) is 0 Å². The maximum absolute atomic E-state index is 13.7. The van der Waals surface area contributed by atoms with E-state index in [0.29, 0.717) is 5.56 Å². The van der Waals surface area contributed by atoms with Crippen molar-refractivity contribution in [1.29, 1.82) is 5.26 Å². The molecule has 2 aromatic rings. The smallest absolute Gasteiger partial charge is 0.273 e. The lowest BCUT2D eigenvalue weighted by atomic mass is 10.2. The molecule has 1 N–H and O–H groups in total. The Morgan fingerprint density at radius 1 is 1.35 bits per heavy atom. The molecule has 0 radical (unpaired) electrons. The van der Waals surface area contributed by atoms with Gasteiger partial charge in [-0.15, -0.1) is 0 Å². The zero-order valence-corrected chi connectivity index (χ0v) is 13.2. The van der Waals surface area contributed by atoms with Crippen LogP contribution in [0.25, 0.3) is 0 Å². The number of benzene rings is 1. The van der Waals surface area contributed by atoms with Crippen molar-refractivity contribution in [1.82, 2.24) is 15.3 Å². The number of carbonyl (C=O) groups is 1. The molecule has 1 aromatic carbocycles. The quantitative estimate of drug-likeness (QED) is 0.931. The average Bonchev–Trinajstić information content (AvgIpc) is 2.57. The van der Waals surface area contributed by atoms with Crippen LogP contribution in [0, 0.1) is 23.0 Å². The van der Waals surface area contributed by atoms with E-state index in [9.17, 15) is 13.6 Å². The molecule has 0 aliphatic carbocycles. The monoisotopic (exact) mass is 338 g/mol. The van der Waals surface area contributed by atoms with Crippen molar-refractivity contribution in [2.75, 3.05) is 0 Å². The Labute approximate surface area is 136 Å². The summed E-state index contributed by atoms with van der Waals surface area (Å²) in [4.78, 5) is 18.7. The molecule has 2 rings (SSSR count). The van der Waals surface area contributed by atoms with Gasteiger partial charge in [0.25, 0.3) is 5.91 Å². The van der Waals surface area contributed by atoms with Crippen molar-refractivity contribution >= 4 is 17.5 Å². The van der Waals surface area contributed by atoms with E-state index in [1.165, 1.54) is 18.2 Å². The summed E-state index contributed by atoms with van der Waals surface area (Å²) in [5, 5.41) is 10.9. The number of aromatic nitrogens is 2. The second-order valence-corrected chi connectivity index (χ2v) is 4.34. The Morgan fingerprint density at radius 2 is 2.04 bits per heavy atom. The molecular weight excluding hydrogens is 326 g/mol. The third kappa shape index (κ3) is 4.69. The molecule has 0 bridgehead atoms. The number of nitrogens with one attached hydrogen (secondary N) is 1. The van der Waals surface area contributed by atoms with E-state index in [2.05, 4.69) is 15.3 Å². The Morgan fingerprint density at radius 3 is 2.65 bits per heavy atom. The molecule has 0 atom stereocenters. The van der Waals surface area contributed by atoms with Crippen LogP contribution in [0.2, 0.25) is 5.02 Å². The van der Waals surface area contributed by atoms with Gasteiger partial charge < -0.3 is 5.32 Å². The fourth-order valence-corrected chi connectivity index (χ4v) is 1.72. The van der Waals surface area contributed by atoms with Gasteiger partial charge in [-0.1, -0.05) is 31.5 Å². The van der Waals surface area contributed by atoms with E-state index in [1.54, 1.807) is 0 Å². The first kappa shape index (κ1) is 18.5. The first-order valence-electron chi connectivity index (χ1n) is 6.65. The van der Waals surface area contributed by atoms with Crippen LogP contribution in [0.4, 0.5) is 8.78 Å². The van der Waals surface area contributed by atoms with Gasteiger partial charge in [0.2, 0.25) is 0 Å². The van der Waals surface area contributed by atoms with Gasteiger partial charge in [0.15, 0.2) is 17.2 Å². The van der Waals surface area contributed by atoms with Crippen molar-refractivity contribution < 1.29 is 13.6 Å². The summed E-state index contributed by atoms with van der Waals surface area (Å²) in [5.41, 5.74) is -0.514. The lowest BCUT2D eigenvalue weighted by Crippen LogP contribution is -2.25. The highest BCUT2D eigenvalue weighted by atomic mass is 35.5. The predicted molar refractivity (Wildman–Crippen MR) is 80.6 cm³/mol. The maximum Gasteiger partial charge on any atom is 0.273 e. The van der Waals surface area contributed by atoms with Crippen LogP contribution in [0.5, 0.6) is 0 Å². The van der Waals surface area contributed by atoms with Gasteiger partial charge in [-0.3, -0.25) is 4.79 Å². The number of nitrogens with zero attached hydrogens (tertiary/aromatic N) is 3. The molecule has 5 nitrogen and oxygen atoms in total. The van der Waals surface area contributed by atoms with E-state index in [1.807, 2.05) is 13.8 Å². The highest BCUT2D eigenvalue weighted by Gasteiger charge is 2.17. The minimum atomic E-state index is -1.09. The molecule has 8 heteroatoms. The van der Waals surface area contributed by atoms with E-state index in [4.69, 9.17) is 16.9 Å². The third-order valence-electron chi connectivity index (χ3n) is 2.55. The summed E-state index contributed by atoms with van der Waals surface area (Å²) in [5.74, 6) is -2.48.